The Kier molecular flexibility index (Phi) is 2.03. The molecule has 15 heavy (non-hydrogen) atoms. The van der Waals surface area contributed by atoms with Crippen molar-refractivity contribution in [2.24, 2.45) is 5.92 Å². The number of nitrogens with one attached hydrogen (secondary N) is 1. The molecule has 2 heteroatoms. The molecule has 0 unspecified atom stereocenters. The molecule has 1 saturated carbocycles. The van der Waals surface area contributed by atoms with Gasteiger partial charge in [-0.1, -0.05) is 29.8 Å². The molecule has 1 aromatic carbocycles. The van der Waals surface area contributed by atoms with Crippen molar-refractivity contribution in [2.75, 3.05) is 11.9 Å². The summed E-state index contributed by atoms with van der Waals surface area (Å²) in [6.45, 7) is 0.958. The zero-order chi connectivity index (χ0) is 10.3. The summed E-state index contributed by atoms with van der Waals surface area (Å²) in [7, 11) is 0. The quantitative estimate of drug-likeness (QED) is 0.675. The van der Waals surface area contributed by atoms with E-state index in [0.717, 1.165) is 19.4 Å². The number of anilines is 1. The third kappa shape index (κ3) is 1.55. The number of rotatable bonds is 0. The Morgan fingerprint density at radius 3 is 3.07 bits per heavy atom. The van der Waals surface area contributed by atoms with Crippen LogP contribution in [0.15, 0.2) is 29.8 Å². The SMILES string of the molecule is O[C@H]1CC2=Cc3ccccc3NC[C@@H]2C1. The summed E-state index contributed by atoms with van der Waals surface area (Å²) in [6, 6.07) is 8.36. The Balaban J connectivity index is 2.02. The Morgan fingerprint density at radius 2 is 2.13 bits per heavy atom. The number of benzene rings is 1. The minimum absolute atomic E-state index is 0.131. The summed E-state index contributed by atoms with van der Waals surface area (Å²) in [5, 5.41) is 13.1. The van der Waals surface area contributed by atoms with E-state index in [0.29, 0.717) is 5.92 Å². The zero-order valence-corrected chi connectivity index (χ0v) is 8.61. The molecule has 78 valence electrons. The van der Waals surface area contributed by atoms with Crippen LogP contribution in [-0.4, -0.2) is 17.8 Å². The van der Waals surface area contributed by atoms with Gasteiger partial charge < -0.3 is 10.4 Å². The molecule has 1 aliphatic heterocycles. The van der Waals surface area contributed by atoms with E-state index in [1.807, 2.05) is 0 Å². The largest absolute Gasteiger partial charge is 0.393 e. The maximum absolute atomic E-state index is 9.63. The van der Waals surface area contributed by atoms with E-state index in [1.54, 1.807) is 0 Å². The lowest BCUT2D eigenvalue weighted by Gasteiger charge is -2.10. The van der Waals surface area contributed by atoms with E-state index >= 15 is 0 Å². The molecule has 0 radical (unpaired) electrons. The van der Waals surface area contributed by atoms with Gasteiger partial charge in [-0.3, -0.25) is 0 Å². The molecule has 3 rings (SSSR count). The first kappa shape index (κ1) is 8.98. The highest BCUT2D eigenvalue weighted by atomic mass is 16.3. The lowest BCUT2D eigenvalue weighted by atomic mass is 10.0. The first-order valence-corrected chi connectivity index (χ1v) is 5.54. The van der Waals surface area contributed by atoms with Crippen molar-refractivity contribution in [2.45, 2.75) is 18.9 Å². The predicted octanol–water partition coefficient (Wildman–Crippen LogP) is 2.27. The van der Waals surface area contributed by atoms with Crippen LogP contribution >= 0.6 is 0 Å². The Morgan fingerprint density at radius 1 is 1.27 bits per heavy atom. The van der Waals surface area contributed by atoms with Crippen LogP contribution in [0.1, 0.15) is 18.4 Å². The van der Waals surface area contributed by atoms with E-state index in [2.05, 4.69) is 35.7 Å². The zero-order valence-electron chi connectivity index (χ0n) is 8.61. The van der Waals surface area contributed by atoms with Gasteiger partial charge in [0, 0.05) is 12.2 Å². The van der Waals surface area contributed by atoms with Gasteiger partial charge in [-0.05, 0) is 30.4 Å². The van der Waals surface area contributed by atoms with E-state index in [9.17, 15) is 5.11 Å². The molecule has 0 amide bonds. The van der Waals surface area contributed by atoms with Crippen molar-refractivity contribution in [3.8, 4) is 0 Å². The minimum Gasteiger partial charge on any atom is -0.393 e. The van der Waals surface area contributed by atoms with Crippen LogP contribution in [0.3, 0.4) is 0 Å². The molecule has 0 aromatic heterocycles. The predicted molar refractivity (Wildman–Crippen MR) is 61.6 cm³/mol. The molecule has 1 heterocycles. The van der Waals surface area contributed by atoms with Crippen molar-refractivity contribution in [1.29, 1.82) is 0 Å². The van der Waals surface area contributed by atoms with Gasteiger partial charge in [-0.2, -0.15) is 0 Å². The van der Waals surface area contributed by atoms with Crippen LogP contribution in [0.4, 0.5) is 5.69 Å². The van der Waals surface area contributed by atoms with Crippen LogP contribution in [0, 0.1) is 5.92 Å². The Bertz CT molecular complexity index is 411. The second kappa shape index (κ2) is 3.38. The average molecular weight is 201 g/mol. The first-order chi connectivity index (χ1) is 7.33. The molecule has 0 bridgehead atoms. The molecule has 2 nitrogen and oxygen atoms in total. The van der Waals surface area contributed by atoms with E-state index in [-0.39, 0.29) is 6.10 Å². The second-order valence-electron chi connectivity index (χ2n) is 4.48. The van der Waals surface area contributed by atoms with Crippen molar-refractivity contribution in [3.63, 3.8) is 0 Å². The number of hydrogen-bond acceptors (Lipinski definition) is 2. The number of aliphatic hydroxyl groups excluding tert-OH is 1. The summed E-state index contributed by atoms with van der Waals surface area (Å²) < 4.78 is 0. The first-order valence-electron chi connectivity index (χ1n) is 5.54. The Labute approximate surface area is 89.6 Å². The summed E-state index contributed by atoms with van der Waals surface area (Å²) >= 11 is 0. The van der Waals surface area contributed by atoms with Crippen molar-refractivity contribution >= 4 is 11.8 Å². The highest BCUT2D eigenvalue weighted by Gasteiger charge is 2.29. The van der Waals surface area contributed by atoms with Crippen LogP contribution in [-0.2, 0) is 0 Å². The van der Waals surface area contributed by atoms with Crippen LogP contribution in [0.5, 0.6) is 0 Å². The maximum atomic E-state index is 9.63. The van der Waals surface area contributed by atoms with Gasteiger partial charge in [0.1, 0.15) is 0 Å². The van der Waals surface area contributed by atoms with E-state index < -0.39 is 0 Å². The van der Waals surface area contributed by atoms with Crippen LogP contribution < -0.4 is 5.32 Å². The number of aliphatic hydroxyl groups is 1. The fraction of sp³-hybridized carbons (Fsp3) is 0.385. The van der Waals surface area contributed by atoms with Gasteiger partial charge >= 0.3 is 0 Å². The molecule has 1 fully saturated rings. The fourth-order valence-corrected chi connectivity index (χ4v) is 2.61. The van der Waals surface area contributed by atoms with Gasteiger partial charge in [0.2, 0.25) is 0 Å². The summed E-state index contributed by atoms with van der Waals surface area (Å²) in [5.41, 5.74) is 3.87. The molecule has 0 saturated heterocycles. The van der Waals surface area contributed by atoms with Gasteiger partial charge in [0.25, 0.3) is 0 Å². The molecule has 1 aliphatic carbocycles. The Hall–Kier alpha value is -1.28. The number of fused-ring (bicyclic) bond motifs is 2. The summed E-state index contributed by atoms with van der Waals surface area (Å²) in [4.78, 5) is 0. The molecule has 2 atom stereocenters. The van der Waals surface area contributed by atoms with E-state index in [1.165, 1.54) is 16.8 Å². The number of hydrogen-bond donors (Lipinski definition) is 2. The monoisotopic (exact) mass is 201 g/mol. The molecule has 1 aromatic rings. The average Bonchev–Trinajstić information content (AvgIpc) is 2.49. The highest BCUT2D eigenvalue weighted by Crippen LogP contribution is 2.36. The third-order valence-corrected chi connectivity index (χ3v) is 3.39. The molecular weight excluding hydrogens is 186 g/mol. The molecule has 0 spiro atoms. The van der Waals surface area contributed by atoms with Gasteiger partial charge in [-0.15, -0.1) is 0 Å². The smallest absolute Gasteiger partial charge is 0.0583 e. The lowest BCUT2D eigenvalue weighted by Crippen LogP contribution is -2.12. The number of para-hydroxylation sites is 1. The lowest BCUT2D eigenvalue weighted by molar-refractivity contribution is 0.179. The van der Waals surface area contributed by atoms with Crippen molar-refractivity contribution in [1.82, 2.24) is 0 Å². The normalized spacial score (nSPS) is 28.5. The molecule has 2 N–H and O–H groups in total. The minimum atomic E-state index is -0.131. The maximum Gasteiger partial charge on any atom is 0.0583 e. The topological polar surface area (TPSA) is 32.3 Å². The highest BCUT2D eigenvalue weighted by molar-refractivity contribution is 5.70. The summed E-state index contributed by atoms with van der Waals surface area (Å²) in [6.07, 6.45) is 3.87. The van der Waals surface area contributed by atoms with Crippen LogP contribution in [0.25, 0.3) is 6.08 Å². The van der Waals surface area contributed by atoms with Gasteiger partial charge in [0.05, 0.1) is 6.10 Å². The fourth-order valence-electron chi connectivity index (χ4n) is 2.61. The van der Waals surface area contributed by atoms with Gasteiger partial charge in [0.15, 0.2) is 0 Å². The molecular formula is C13H15NO. The standard InChI is InChI=1S/C13H15NO/c15-12-6-10-5-9-3-1-2-4-13(9)14-8-11(10)7-12/h1-5,11-12,14-15H,6-8H2/t11-,12-/m0/s1. The van der Waals surface area contributed by atoms with E-state index in [4.69, 9.17) is 0 Å². The summed E-state index contributed by atoms with van der Waals surface area (Å²) in [5.74, 6) is 0.521. The molecule has 2 aliphatic rings. The van der Waals surface area contributed by atoms with Crippen molar-refractivity contribution < 1.29 is 5.11 Å². The second-order valence-corrected chi connectivity index (χ2v) is 4.48. The third-order valence-electron chi connectivity index (χ3n) is 3.39. The van der Waals surface area contributed by atoms with Crippen molar-refractivity contribution in [3.05, 3.63) is 35.4 Å². The van der Waals surface area contributed by atoms with Crippen LogP contribution in [0.2, 0.25) is 0 Å². The van der Waals surface area contributed by atoms with Gasteiger partial charge in [-0.25, -0.2) is 0 Å².